The highest BCUT2D eigenvalue weighted by molar-refractivity contribution is 7.18. The van der Waals surface area contributed by atoms with Crippen molar-refractivity contribution in [1.29, 1.82) is 0 Å². The lowest BCUT2D eigenvalue weighted by Crippen LogP contribution is -2.46. The first-order valence-electron chi connectivity index (χ1n) is 12.1. The Morgan fingerprint density at radius 2 is 1.81 bits per heavy atom. The lowest BCUT2D eigenvalue weighted by molar-refractivity contribution is 0.0697. The zero-order valence-corrected chi connectivity index (χ0v) is 21.3. The Labute approximate surface area is 214 Å². The number of rotatable bonds is 7. The molecule has 1 saturated heterocycles. The second-order valence-electron chi connectivity index (χ2n) is 8.89. The molecule has 0 saturated carbocycles. The number of carboxylic acid groups (broad SMARTS) is 1. The Morgan fingerprint density at radius 3 is 2.53 bits per heavy atom. The summed E-state index contributed by atoms with van der Waals surface area (Å²) in [5, 5.41) is 14.8. The molecular weight excluding hydrogens is 470 g/mol. The molecule has 0 aliphatic carbocycles. The predicted molar refractivity (Wildman–Crippen MR) is 149 cm³/mol. The molecular formula is C28H29N5O2S. The van der Waals surface area contributed by atoms with Gasteiger partial charge in [-0.25, -0.2) is 14.8 Å². The van der Waals surface area contributed by atoms with Crippen molar-refractivity contribution >= 4 is 56.9 Å². The molecule has 0 bridgehead atoms. The Hall–Kier alpha value is -3.75. The van der Waals surface area contributed by atoms with Crippen LogP contribution in [-0.4, -0.2) is 58.7 Å². The van der Waals surface area contributed by atoms with Gasteiger partial charge in [0.1, 0.15) is 6.33 Å². The van der Waals surface area contributed by atoms with E-state index < -0.39 is 5.97 Å². The molecule has 0 atom stereocenters. The number of nitrogens with zero attached hydrogens (tertiary/aromatic N) is 4. The molecule has 1 aliphatic rings. The number of benzene rings is 2. The molecule has 1 aliphatic heterocycles. The van der Waals surface area contributed by atoms with Gasteiger partial charge in [0.25, 0.3) is 0 Å². The van der Waals surface area contributed by atoms with Crippen molar-refractivity contribution in [3.05, 3.63) is 76.4 Å². The van der Waals surface area contributed by atoms with E-state index in [0.717, 1.165) is 71.1 Å². The molecule has 5 rings (SSSR count). The summed E-state index contributed by atoms with van der Waals surface area (Å²) in [4.78, 5) is 25.3. The van der Waals surface area contributed by atoms with E-state index in [9.17, 15) is 9.90 Å². The minimum Gasteiger partial charge on any atom is -0.478 e. The molecule has 2 N–H and O–H groups in total. The van der Waals surface area contributed by atoms with E-state index in [4.69, 9.17) is 0 Å². The summed E-state index contributed by atoms with van der Waals surface area (Å²) in [6, 6.07) is 13.7. The van der Waals surface area contributed by atoms with Crippen molar-refractivity contribution in [3.63, 3.8) is 0 Å². The number of carboxylic acids is 1. The van der Waals surface area contributed by atoms with Crippen LogP contribution in [0.4, 0.5) is 17.2 Å². The molecule has 0 radical (unpaired) electrons. The molecule has 0 unspecified atom stereocenters. The van der Waals surface area contributed by atoms with Crippen molar-refractivity contribution in [2.45, 2.75) is 13.8 Å². The SMILES string of the molecule is CCN1CCN(c2ccc(Nc3ncnc4c(C=Cc5cc(C(=O)O)ccc5C)csc34)cc2)CC1. The molecule has 36 heavy (non-hydrogen) atoms. The van der Waals surface area contributed by atoms with E-state index in [2.05, 4.69) is 61.7 Å². The van der Waals surface area contributed by atoms with Crippen molar-refractivity contribution in [2.75, 3.05) is 42.9 Å². The first-order valence-corrected chi connectivity index (χ1v) is 13.0. The number of anilines is 3. The maximum absolute atomic E-state index is 11.3. The van der Waals surface area contributed by atoms with Crippen LogP contribution in [0.2, 0.25) is 0 Å². The standard InChI is InChI=1S/C28H29N5O2S/c1-3-32-12-14-33(15-13-32)24-10-8-23(9-11-24)31-27-26-25(29-18-30-27)22(17-36-26)7-6-20-16-21(28(34)35)5-4-19(20)2/h4-11,16-18H,3,12-15H2,1-2H3,(H,34,35)(H,29,30,31). The van der Waals surface area contributed by atoms with Crippen LogP contribution < -0.4 is 10.2 Å². The highest BCUT2D eigenvalue weighted by Gasteiger charge is 2.16. The van der Waals surface area contributed by atoms with Crippen LogP contribution in [0.1, 0.15) is 34.0 Å². The van der Waals surface area contributed by atoms with Gasteiger partial charge in [0.15, 0.2) is 5.82 Å². The van der Waals surface area contributed by atoms with Gasteiger partial charge in [-0.2, -0.15) is 0 Å². The first-order chi connectivity index (χ1) is 17.5. The molecule has 0 spiro atoms. The van der Waals surface area contributed by atoms with Gasteiger partial charge in [0.05, 0.1) is 15.8 Å². The van der Waals surface area contributed by atoms with Crippen LogP contribution in [-0.2, 0) is 0 Å². The number of carbonyl (C=O) groups is 1. The fourth-order valence-corrected chi connectivity index (χ4v) is 5.36. The van der Waals surface area contributed by atoms with Gasteiger partial charge < -0.3 is 20.2 Å². The van der Waals surface area contributed by atoms with Gasteiger partial charge >= 0.3 is 5.97 Å². The molecule has 184 valence electrons. The van der Waals surface area contributed by atoms with E-state index in [-0.39, 0.29) is 5.56 Å². The fraction of sp³-hybridized carbons (Fsp3) is 0.250. The summed E-state index contributed by atoms with van der Waals surface area (Å²) in [6.45, 7) is 9.62. The number of hydrogen-bond donors (Lipinski definition) is 2. The van der Waals surface area contributed by atoms with Crippen molar-refractivity contribution in [3.8, 4) is 0 Å². The van der Waals surface area contributed by atoms with Gasteiger partial charge in [-0.1, -0.05) is 25.1 Å². The van der Waals surface area contributed by atoms with Gasteiger partial charge in [-0.05, 0) is 61.0 Å². The van der Waals surface area contributed by atoms with E-state index >= 15 is 0 Å². The maximum atomic E-state index is 11.3. The number of piperazine rings is 1. The highest BCUT2D eigenvalue weighted by atomic mass is 32.1. The van der Waals surface area contributed by atoms with Crippen LogP contribution >= 0.6 is 11.3 Å². The Morgan fingerprint density at radius 1 is 1.06 bits per heavy atom. The summed E-state index contributed by atoms with van der Waals surface area (Å²) in [6.07, 6.45) is 5.50. The van der Waals surface area contributed by atoms with E-state index in [1.807, 2.05) is 25.1 Å². The van der Waals surface area contributed by atoms with Crippen LogP contribution in [0.25, 0.3) is 22.4 Å². The third kappa shape index (κ3) is 5.10. The summed E-state index contributed by atoms with van der Waals surface area (Å²) < 4.78 is 0.980. The molecule has 3 heterocycles. The first kappa shape index (κ1) is 24.0. The van der Waals surface area contributed by atoms with Crippen LogP contribution in [0.15, 0.2) is 54.2 Å². The lowest BCUT2D eigenvalue weighted by atomic mass is 10.0. The number of aromatic nitrogens is 2. The molecule has 1 fully saturated rings. The second-order valence-corrected chi connectivity index (χ2v) is 9.77. The minimum absolute atomic E-state index is 0.276. The molecule has 2 aromatic carbocycles. The van der Waals surface area contributed by atoms with E-state index in [1.54, 1.807) is 29.8 Å². The number of hydrogen-bond acceptors (Lipinski definition) is 7. The topological polar surface area (TPSA) is 81.6 Å². The smallest absolute Gasteiger partial charge is 0.335 e. The largest absolute Gasteiger partial charge is 0.478 e. The molecule has 8 heteroatoms. The minimum atomic E-state index is -0.929. The average molecular weight is 500 g/mol. The average Bonchev–Trinajstić information content (AvgIpc) is 3.32. The van der Waals surface area contributed by atoms with Gasteiger partial charge in [-0.3, -0.25) is 0 Å². The number of nitrogens with one attached hydrogen (secondary N) is 1. The number of aryl methyl sites for hydroxylation is 1. The van der Waals surface area contributed by atoms with E-state index in [1.165, 1.54) is 5.69 Å². The Kier molecular flexibility index (Phi) is 6.97. The molecule has 4 aromatic rings. The van der Waals surface area contributed by atoms with Crippen LogP contribution in [0.5, 0.6) is 0 Å². The zero-order valence-electron chi connectivity index (χ0n) is 20.4. The zero-order chi connectivity index (χ0) is 25.1. The van der Waals surface area contributed by atoms with Gasteiger partial charge in [0.2, 0.25) is 0 Å². The van der Waals surface area contributed by atoms with Gasteiger partial charge in [-0.15, -0.1) is 11.3 Å². The van der Waals surface area contributed by atoms with E-state index in [0.29, 0.717) is 0 Å². The lowest BCUT2D eigenvalue weighted by Gasteiger charge is -2.35. The monoisotopic (exact) mass is 499 g/mol. The Bertz CT molecular complexity index is 1410. The van der Waals surface area contributed by atoms with Crippen LogP contribution in [0.3, 0.4) is 0 Å². The van der Waals surface area contributed by atoms with Crippen LogP contribution in [0, 0.1) is 6.92 Å². The third-order valence-electron chi connectivity index (χ3n) is 6.66. The number of thiophene rings is 1. The van der Waals surface area contributed by atoms with Crippen molar-refractivity contribution in [1.82, 2.24) is 14.9 Å². The number of likely N-dealkylation sites (N-methyl/N-ethyl adjacent to an activating group) is 1. The quantitative estimate of drug-likeness (QED) is 0.335. The summed E-state index contributed by atoms with van der Waals surface area (Å²) >= 11 is 1.59. The van der Waals surface area contributed by atoms with Gasteiger partial charge in [0, 0.05) is 48.5 Å². The Balaban J connectivity index is 1.33. The summed E-state index contributed by atoms with van der Waals surface area (Å²) in [5.74, 6) is -0.154. The predicted octanol–water partition coefficient (Wildman–Crippen LogP) is 5.75. The number of fused-ring (bicyclic) bond motifs is 1. The molecule has 0 amide bonds. The van der Waals surface area contributed by atoms with Crippen molar-refractivity contribution < 1.29 is 9.90 Å². The summed E-state index contributed by atoms with van der Waals surface area (Å²) in [5.41, 5.74) is 6.24. The second kappa shape index (κ2) is 10.5. The molecule has 7 nitrogen and oxygen atoms in total. The summed E-state index contributed by atoms with van der Waals surface area (Å²) in [7, 11) is 0. The highest BCUT2D eigenvalue weighted by Crippen LogP contribution is 2.32. The maximum Gasteiger partial charge on any atom is 0.335 e. The van der Waals surface area contributed by atoms with Crippen molar-refractivity contribution in [2.24, 2.45) is 0 Å². The third-order valence-corrected chi connectivity index (χ3v) is 7.66. The fourth-order valence-electron chi connectivity index (χ4n) is 4.42. The normalized spacial score (nSPS) is 14.6. The molecule has 2 aromatic heterocycles. The number of aromatic carboxylic acids is 1.